The SMILES string of the molecule is CCN(C)C(=O)Cn1nc(C)c(C(=O)O)c1C. The summed E-state index contributed by atoms with van der Waals surface area (Å²) in [4.78, 5) is 24.3. The Morgan fingerprint density at radius 2 is 2.00 bits per heavy atom. The molecule has 0 aliphatic heterocycles. The summed E-state index contributed by atoms with van der Waals surface area (Å²) >= 11 is 0. The molecule has 0 saturated carbocycles. The lowest BCUT2D eigenvalue weighted by atomic mass is 10.2. The van der Waals surface area contributed by atoms with Gasteiger partial charge in [0.2, 0.25) is 5.91 Å². The Morgan fingerprint density at radius 1 is 1.41 bits per heavy atom. The Bertz CT molecular complexity index is 451. The van der Waals surface area contributed by atoms with E-state index in [1.54, 1.807) is 25.8 Å². The molecule has 0 aliphatic carbocycles. The smallest absolute Gasteiger partial charge is 0.339 e. The number of amides is 1. The highest BCUT2D eigenvalue weighted by atomic mass is 16.4. The number of nitrogens with zero attached hydrogens (tertiary/aromatic N) is 3. The third-order valence-electron chi connectivity index (χ3n) is 2.78. The standard InChI is InChI=1S/C11H17N3O3/c1-5-13(4)9(15)6-14-8(3)10(11(16)17)7(2)12-14/h5-6H2,1-4H3,(H,16,17). The molecule has 1 rings (SSSR count). The number of rotatable bonds is 4. The van der Waals surface area contributed by atoms with Crippen LogP contribution in [-0.4, -0.2) is 45.3 Å². The van der Waals surface area contributed by atoms with Gasteiger partial charge in [-0.1, -0.05) is 0 Å². The Hall–Kier alpha value is -1.85. The number of carboxylic acids is 1. The summed E-state index contributed by atoms with van der Waals surface area (Å²) in [5, 5.41) is 13.1. The molecular weight excluding hydrogens is 222 g/mol. The number of carboxylic acid groups (broad SMARTS) is 1. The van der Waals surface area contributed by atoms with Crippen molar-refractivity contribution in [3.8, 4) is 0 Å². The zero-order chi connectivity index (χ0) is 13.2. The molecule has 0 fully saturated rings. The van der Waals surface area contributed by atoms with E-state index in [-0.39, 0.29) is 18.0 Å². The van der Waals surface area contributed by atoms with Crippen molar-refractivity contribution >= 4 is 11.9 Å². The van der Waals surface area contributed by atoms with Gasteiger partial charge in [-0.15, -0.1) is 0 Å². The number of aromatic nitrogens is 2. The second-order valence-electron chi connectivity index (χ2n) is 3.92. The van der Waals surface area contributed by atoms with Crippen molar-refractivity contribution in [2.75, 3.05) is 13.6 Å². The lowest BCUT2D eigenvalue weighted by molar-refractivity contribution is -0.130. The van der Waals surface area contributed by atoms with E-state index in [0.29, 0.717) is 17.9 Å². The third-order valence-corrected chi connectivity index (χ3v) is 2.78. The van der Waals surface area contributed by atoms with E-state index < -0.39 is 5.97 Å². The Balaban J connectivity index is 2.98. The van der Waals surface area contributed by atoms with Gasteiger partial charge in [-0.3, -0.25) is 9.48 Å². The molecular formula is C11H17N3O3. The summed E-state index contributed by atoms with van der Waals surface area (Å²) in [5.74, 6) is -1.10. The highest BCUT2D eigenvalue weighted by Crippen LogP contribution is 2.12. The first kappa shape index (κ1) is 13.2. The maximum atomic E-state index is 11.7. The molecule has 1 N–H and O–H groups in total. The third kappa shape index (κ3) is 2.64. The minimum Gasteiger partial charge on any atom is -0.478 e. The van der Waals surface area contributed by atoms with Gasteiger partial charge in [0.15, 0.2) is 0 Å². The Morgan fingerprint density at radius 3 is 2.41 bits per heavy atom. The number of likely N-dealkylation sites (N-methyl/N-ethyl adjacent to an activating group) is 1. The molecule has 0 atom stereocenters. The van der Waals surface area contributed by atoms with Crippen LogP contribution >= 0.6 is 0 Å². The summed E-state index contributed by atoms with van der Waals surface area (Å²) in [6, 6.07) is 0. The van der Waals surface area contributed by atoms with Gasteiger partial charge in [0.1, 0.15) is 12.1 Å². The lowest BCUT2D eigenvalue weighted by Gasteiger charge is -2.14. The monoisotopic (exact) mass is 239 g/mol. The highest BCUT2D eigenvalue weighted by molar-refractivity contribution is 5.90. The molecule has 0 aliphatic rings. The van der Waals surface area contributed by atoms with Crippen molar-refractivity contribution < 1.29 is 14.7 Å². The van der Waals surface area contributed by atoms with E-state index in [2.05, 4.69) is 5.10 Å². The summed E-state index contributed by atoms with van der Waals surface area (Å²) in [5.41, 5.74) is 1.12. The second kappa shape index (κ2) is 4.99. The quantitative estimate of drug-likeness (QED) is 0.838. The van der Waals surface area contributed by atoms with Crippen LogP contribution in [0.3, 0.4) is 0 Å². The van der Waals surface area contributed by atoms with Crippen molar-refractivity contribution in [1.82, 2.24) is 14.7 Å². The normalized spacial score (nSPS) is 10.4. The number of hydrogen-bond donors (Lipinski definition) is 1. The molecule has 0 bridgehead atoms. The largest absolute Gasteiger partial charge is 0.478 e. The molecule has 0 aromatic carbocycles. The first-order valence-corrected chi connectivity index (χ1v) is 5.39. The summed E-state index contributed by atoms with van der Waals surface area (Å²) in [7, 11) is 1.70. The summed E-state index contributed by atoms with van der Waals surface area (Å²) in [6.07, 6.45) is 0. The average molecular weight is 239 g/mol. The van der Waals surface area contributed by atoms with Crippen molar-refractivity contribution in [3.05, 3.63) is 17.0 Å². The first-order valence-electron chi connectivity index (χ1n) is 5.39. The van der Waals surface area contributed by atoms with Crippen LogP contribution in [0.15, 0.2) is 0 Å². The minimum absolute atomic E-state index is 0.0737. The van der Waals surface area contributed by atoms with Gasteiger partial charge in [-0.05, 0) is 20.8 Å². The Labute approximate surface area is 99.8 Å². The fraction of sp³-hybridized carbons (Fsp3) is 0.545. The van der Waals surface area contributed by atoms with Crippen molar-refractivity contribution in [2.24, 2.45) is 0 Å². The fourth-order valence-corrected chi connectivity index (χ4v) is 1.59. The van der Waals surface area contributed by atoms with E-state index in [9.17, 15) is 9.59 Å². The van der Waals surface area contributed by atoms with Crippen LogP contribution < -0.4 is 0 Å². The molecule has 6 nitrogen and oxygen atoms in total. The van der Waals surface area contributed by atoms with Crippen LogP contribution in [0.5, 0.6) is 0 Å². The molecule has 0 radical (unpaired) electrons. The van der Waals surface area contributed by atoms with Gasteiger partial charge in [-0.2, -0.15) is 5.10 Å². The topological polar surface area (TPSA) is 75.4 Å². The number of aryl methyl sites for hydroxylation is 1. The zero-order valence-electron chi connectivity index (χ0n) is 10.5. The van der Waals surface area contributed by atoms with E-state index in [4.69, 9.17) is 5.11 Å². The van der Waals surface area contributed by atoms with Crippen molar-refractivity contribution in [3.63, 3.8) is 0 Å². The van der Waals surface area contributed by atoms with E-state index in [0.717, 1.165) is 0 Å². The van der Waals surface area contributed by atoms with E-state index in [1.807, 2.05) is 6.92 Å². The maximum absolute atomic E-state index is 11.7. The van der Waals surface area contributed by atoms with Crippen LogP contribution in [0.1, 0.15) is 28.7 Å². The van der Waals surface area contributed by atoms with Gasteiger partial charge in [0.25, 0.3) is 0 Å². The van der Waals surface area contributed by atoms with Crippen LogP contribution in [0, 0.1) is 13.8 Å². The predicted octanol–water partition coefficient (Wildman–Crippen LogP) is 0.676. The molecule has 1 aromatic heterocycles. The van der Waals surface area contributed by atoms with Gasteiger partial charge < -0.3 is 10.0 Å². The van der Waals surface area contributed by atoms with Crippen LogP contribution in [0.2, 0.25) is 0 Å². The minimum atomic E-state index is -1.01. The lowest BCUT2D eigenvalue weighted by Crippen LogP contribution is -2.30. The number of carbonyl (C=O) groups excluding carboxylic acids is 1. The summed E-state index contributed by atoms with van der Waals surface area (Å²) < 4.78 is 1.44. The molecule has 94 valence electrons. The second-order valence-corrected chi connectivity index (χ2v) is 3.92. The van der Waals surface area contributed by atoms with Crippen LogP contribution in [0.4, 0.5) is 0 Å². The van der Waals surface area contributed by atoms with Crippen molar-refractivity contribution in [2.45, 2.75) is 27.3 Å². The average Bonchev–Trinajstić information content (AvgIpc) is 2.52. The van der Waals surface area contributed by atoms with Crippen molar-refractivity contribution in [1.29, 1.82) is 0 Å². The predicted molar refractivity (Wildman–Crippen MR) is 62.0 cm³/mol. The highest BCUT2D eigenvalue weighted by Gasteiger charge is 2.19. The van der Waals surface area contributed by atoms with Crippen LogP contribution in [-0.2, 0) is 11.3 Å². The van der Waals surface area contributed by atoms with Crippen LogP contribution in [0.25, 0.3) is 0 Å². The first-order chi connectivity index (χ1) is 7.88. The van der Waals surface area contributed by atoms with E-state index >= 15 is 0 Å². The molecule has 1 heterocycles. The zero-order valence-corrected chi connectivity index (χ0v) is 10.5. The van der Waals surface area contributed by atoms with Gasteiger partial charge in [0.05, 0.1) is 11.4 Å². The Kier molecular flexibility index (Phi) is 3.88. The molecule has 0 unspecified atom stereocenters. The molecule has 1 amide bonds. The maximum Gasteiger partial charge on any atom is 0.339 e. The molecule has 1 aromatic rings. The summed E-state index contributed by atoms with van der Waals surface area (Å²) in [6.45, 7) is 5.85. The molecule has 6 heteroatoms. The molecule has 17 heavy (non-hydrogen) atoms. The number of carbonyl (C=O) groups is 2. The molecule has 0 spiro atoms. The fourth-order valence-electron chi connectivity index (χ4n) is 1.59. The number of hydrogen-bond acceptors (Lipinski definition) is 3. The van der Waals surface area contributed by atoms with Gasteiger partial charge in [-0.25, -0.2) is 4.79 Å². The molecule has 0 saturated heterocycles. The van der Waals surface area contributed by atoms with E-state index in [1.165, 1.54) is 4.68 Å². The van der Waals surface area contributed by atoms with Gasteiger partial charge >= 0.3 is 5.97 Å². The number of aromatic carboxylic acids is 1. The van der Waals surface area contributed by atoms with Gasteiger partial charge in [0, 0.05) is 13.6 Å².